The highest BCUT2D eigenvalue weighted by atomic mass is 127. The Bertz CT molecular complexity index is 522. The van der Waals surface area contributed by atoms with Crippen molar-refractivity contribution in [3.63, 3.8) is 0 Å². The van der Waals surface area contributed by atoms with Gasteiger partial charge in [-0.3, -0.25) is 4.79 Å². The van der Waals surface area contributed by atoms with Crippen molar-refractivity contribution in [1.82, 2.24) is 4.90 Å². The van der Waals surface area contributed by atoms with Gasteiger partial charge in [-0.25, -0.2) is 4.39 Å². The monoisotopic (exact) mass is 374 g/mol. The summed E-state index contributed by atoms with van der Waals surface area (Å²) in [5.74, 6) is 0.560. The van der Waals surface area contributed by atoms with Gasteiger partial charge < -0.3 is 10.6 Å². The lowest BCUT2D eigenvalue weighted by Gasteiger charge is -2.19. The fraction of sp³-hybridized carbons (Fsp3) is 0.500. The van der Waals surface area contributed by atoms with Gasteiger partial charge in [-0.15, -0.1) is 0 Å². The second-order valence-electron chi connectivity index (χ2n) is 5.50. The van der Waals surface area contributed by atoms with E-state index in [1.165, 1.54) is 6.07 Å². The van der Waals surface area contributed by atoms with Crippen molar-refractivity contribution >= 4 is 28.5 Å². The van der Waals surface area contributed by atoms with Crippen LogP contribution < -0.4 is 5.73 Å². The molecule has 0 bridgehead atoms. The number of rotatable bonds is 1. The third kappa shape index (κ3) is 2.38. The molecule has 0 radical (unpaired) electrons. The molecule has 0 aromatic heterocycles. The first-order valence-corrected chi connectivity index (χ1v) is 7.64. The molecule has 1 saturated carbocycles. The summed E-state index contributed by atoms with van der Waals surface area (Å²) < 4.78 is 14.1. The van der Waals surface area contributed by atoms with Gasteiger partial charge in [0.15, 0.2) is 0 Å². The number of benzene rings is 1. The van der Waals surface area contributed by atoms with Crippen molar-refractivity contribution in [2.75, 3.05) is 13.1 Å². The summed E-state index contributed by atoms with van der Waals surface area (Å²) in [5, 5.41) is 0. The Balaban J connectivity index is 1.76. The molecule has 2 N–H and O–H groups in total. The van der Waals surface area contributed by atoms with Crippen LogP contribution in [0.2, 0.25) is 0 Å². The summed E-state index contributed by atoms with van der Waals surface area (Å²) in [4.78, 5) is 14.2. The van der Waals surface area contributed by atoms with Crippen LogP contribution in [0.25, 0.3) is 0 Å². The molecular formula is C14H16FIN2O. The zero-order valence-corrected chi connectivity index (χ0v) is 12.6. The number of likely N-dealkylation sites (tertiary alicyclic amines) is 1. The summed E-state index contributed by atoms with van der Waals surface area (Å²) in [6, 6.07) is 4.89. The summed E-state index contributed by atoms with van der Waals surface area (Å²) in [7, 11) is 0. The first-order valence-electron chi connectivity index (χ1n) is 6.56. The van der Waals surface area contributed by atoms with Crippen LogP contribution in [0.5, 0.6) is 0 Å². The maximum Gasteiger partial charge on any atom is 0.253 e. The number of halogens is 2. The predicted octanol–water partition coefficient (Wildman–Crippen LogP) is 2.24. The van der Waals surface area contributed by atoms with Crippen LogP contribution in [0.3, 0.4) is 0 Å². The van der Waals surface area contributed by atoms with Gasteiger partial charge in [0.05, 0.1) is 0 Å². The van der Waals surface area contributed by atoms with Crippen LogP contribution >= 0.6 is 22.6 Å². The van der Waals surface area contributed by atoms with Gasteiger partial charge >= 0.3 is 0 Å². The number of fused-ring (bicyclic) bond motifs is 1. The molecule has 0 spiro atoms. The highest BCUT2D eigenvalue weighted by Crippen LogP contribution is 2.37. The second kappa shape index (κ2) is 5.01. The SMILES string of the molecule is NC1CCC2CN(C(=O)c3ccc(I)c(F)c3)CC12. The highest BCUT2D eigenvalue weighted by Gasteiger charge is 2.42. The molecule has 102 valence electrons. The van der Waals surface area contributed by atoms with Crippen molar-refractivity contribution in [1.29, 1.82) is 0 Å². The Kier molecular flexibility index (Phi) is 3.51. The molecule has 3 nitrogen and oxygen atoms in total. The van der Waals surface area contributed by atoms with E-state index in [1.54, 1.807) is 12.1 Å². The first kappa shape index (κ1) is 13.3. The second-order valence-corrected chi connectivity index (χ2v) is 6.67. The molecular weight excluding hydrogens is 358 g/mol. The van der Waals surface area contributed by atoms with Crippen LogP contribution in [0.15, 0.2) is 18.2 Å². The Labute approximate surface area is 125 Å². The van der Waals surface area contributed by atoms with Gasteiger partial charge in [0.25, 0.3) is 5.91 Å². The number of nitrogens with two attached hydrogens (primary N) is 1. The summed E-state index contributed by atoms with van der Waals surface area (Å²) in [5.41, 5.74) is 6.50. The molecule has 1 heterocycles. The fourth-order valence-corrected chi connectivity index (χ4v) is 3.62. The average molecular weight is 374 g/mol. The number of carbonyl (C=O) groups is 1. The molecule has 19 heavy (non-hydrogen) atoms. The lowest BCUT2D eigenvalue weighted by molar-refractivity contribution is 0.0779. The summed E-state index contributed by atoms with van der Waals surface area (Å²) in [6.07, 6.45) is 2.17. The van der Waals surface area contributed by atoms with Gasteiger partial charge in [0.2, 0.25) is 0 Å². The van der Waals surface area contributed by atoms with E-state index in [2.05, 4.69) is 0 Å². The van der Waals surface area contributed by atoms with Gasteiger partial charge in [-0.2, -0.15) is 0 Å². The molecule has 1 aromatic carbocycles. The van der Waals surface area contributed by atoms with Crippen molar-refractivity contribution < 1.29 is 9.18 Å². The van der Waals surface area contributed by atoms with E-state index in [0.717, 1.165) is 25.9 Å². The molecule has 5 heteroatoms. The minimum atomic E-state index is -0.331. The lowest BCUT2D eigenvalue weighted by atomic mass is 9.98. The van der Waals surface area contributed by atoms with Crippen LogP contribution in [-0.4, -0.2) is 29.9 Å². The number of hydrogen-bond donors (Lipinski definition) is 1. The normalized spacial score (nSPS) is 29.6. The van der Waals surface area contributed by atoms with Crippen molar-refractivity contribution in [3.8, 4) is 0 Å². The topological polar surface area (TPSA) is 46.3 Å². The number of carbonyl (C=O) groups excluding carboxylic acids is 1. The molecule has 3 rings (SSSR count). The molecule has 1 amide bonds. The number of nitrogens with zero attached hydrogens (tertiary/aromatic N) is 1. The Hall–Kier alpha value is -0.690. The minimum Gasteiger partial charge on any atom is -0.338 e. The maximum absolute atomic E-state index is 13.5. The third-order valence-corrected chi connectivity index (χ3v) is 5.24. The number of amides is 1. The quantitative estimate of drug-likeness (QED) is 0.767. The van der Waals surface area contributed by atoms with Crippen molar-refractivity contribution in [2.24, 2.45) is 17.6 Å². The molecule has 2 aliphatic rings. The van der Waals surface area contributed by atoms with Gasteiger partial charge in [0, 0.05) is 28.3 Å². The molecule has 1 aliphatic heterocycles. The molecule has 1 saturated heterocycles. The van der Waals surface area contributed by atoms with Gasteiger partial charge in [0.1, 0.15) is 5.82 Å². The maximum atomic E-state index is 13.5. The Morgan fingerprint density at radius 2 is 2.16 bits per heavy atom. The van der Waals surface area contributed by atoms with E-state index in [0.29, 0.717) is 21.0 Å². The largest absolute Gasteiger partial charge is 0.338 e. The third-order valence-electron chi connectivity index (χ3n) is 4.37. The zero-order chi connectivity index (χ0) is 13.6. The molecule has 3 atom stereocenters. The van der Waals surface area contributed by atoms with E-state index in [-0.39, 0.29) is 17.8 Å². The summed E-state index contributed by atoms with van der Waals surface area (Å²) >= 11 is 1.92. The standard InChI is InChI=1S/C14H16FIN2O/c15-11-5-8(1-3-12(11)16)14(19)18-6-9-2-4-13(17)10(9)7-18/h1,3,5,9-10,13H,2,4,6-7,17H2. The molecule has 1 aliphatic carbocycles. The molecule has 2 fully saturated rings. The number of hydrogen-bond acceptors (Lipinski definition) is 2. The Morgan fingerprint density at radius 3 is 2.84 bits per heavy atom. The van der Waals surface area contributed by atoms with E-state index >= 15 is 0 Å². The lowest BCUT2D eigenvalue weighted by Crippen LogP contribution is -2.33. The zero-order valence-electron chi connectivity index (χ0n) is 10.5. The minimum absolute atomic E-state index is 0.0723. The van der Waals surface area contributed by atoms with Crippen molar-refractivity contribution in [3.05, 3.63) is 33.1 Å². The van der Waals surface area contributed by atoms with E-state index < -0.39 is 0 Å². The van der Waals surface area contributed by atoms with E-state index in [4.69, 9.17) is 5.73 Å². The van der Waals surface area contributed by atoms with Crippen molar-refractivity contribution in [2.45, 2.75) is 18.9 Å². The van der Waals surface area contributed by atoms with Gasteiger partial charge in [-0.05, 0) is 65.5 Å². The van der Waals surface area contributed by atoms with E-state index in [9.17, 15) is 9.18 Å². The first-order chi connectivity index (χ1) is 9.06. The predicted molar refractivity (Wildman–Crippen MR) is 79.2 cm³/mol. The van der Waals surface area contributed by atoms with E-state index in [1.807, 2.05) is 27.5 Å². The van der Waals surface area contributed by atoms with Crippen LogP contribution in [0.1, 0.15) is 23.2 Å². The Morgan fingerprint density at radius 1 is 1.37 bits per heavy atom. The van der Waals surface area contributed by atoms with Crippen LogP contribution in [-0.2, 0) is 0 Å². The fourth-order valence-electron chi connectivity index (χ4n) is 3.29. The molecule has 1 aromatic rings. The van der Waals surface area contributed by atoms with Crippen LogP contribution in [0.4, 0.5) is 4.39 Å². The average Bonchev–Trinajstić information content (AvgIpc) is 2.95. The highest BCUT2D eigenvalue weighted by molar-refractivity contribution is 14.1. The van der Waals surface area contributed by atoms with Crippen LogP contribution in [0, 0.1) is 21.2 Å². The molecule has 3 unspecified atom stereocenters. The smallest absolute Gasteiger partial charge is 0.253 e. The summed E-state index contributed by atoms with van der Waals surface area (Å²) in [6.45, 7) is 1.49. The van der Waals surface area contributed by atoms with Gasteiger partial charge in [-0.1, -0.05) is 0 Å².